The first kappa shape index (κ1) is 15.2. The van der Waals surface area contributed by atoms with E-state index in [0.717, 1.165) is 5.56 Å². The molecule has 0 bridgehead atoms. The third kappa shape index (κ3) is 2.91. The summed E-state index contributed by atoms with van der Waals surface area (Å²) in [6, 6.07) is 6.30. The molecule has 118 valence electrons. The van der Waals surface area contributed by atoms with E-state index in [-0.39, 0.29) is 35.8 Å². The van der Waals surface area contributed by atoms with Crippen molar-refractivity contribution in [1.82, 2.24) is 5.32 Å². The number of nitrogens with zero attached hydrogens (tertiary/aromatic N) is 1. The van der Waals surface area contributed by atoms with Gasteiger partial charge in [0.15, 0.2) is 9.84 Å². The lowest BCUT2D eigenvalue weighted by Crippen LogP contribution is -2.44. The molecule has 1 aromatic carbocycles. The van der Waals surface area contributed by atoms with Gasteiger partial charge in [-0.05, 0) is 25.5 Å². The predicted octanol–water partition coefficient (Wildman–Crippen LogP) is 0.404. The van der Waals surface area contributed by atoms with Gasteiger partial charge in [-0.15, -0.1) is 0 Å². The second-order valence-electron chi connectivity index (χ2n) is 5.93. The average Bonchev–Trinajstić information content (AvgIpc) is 2.92. The molecule has 0 saturated carbocycles. The molecule has 0 radical (unpaired) electrons. The van der Waals surface area contributed by atoms with Crippen molar-refractivity contribution in [1.29, 1.82) is 0 Å². The van der Waals surface area contributed by atoms with Gasteiger partial charge in [-0.2, -0.15) is 0 Å². The maximum absolute atomic E-state index is 12.4. The standard InChI is InChI=1S/C15H18N2O4S/c1-10-2-4-12(5-3-10)17-14(18)8-13(15(17)19)16-11-6-7-22(20,21)9-11/h2-5,11,13,16H,6-9H2,1H3/t11-,13+/m1/s1. The van der Waals surface area contributed by atoms with Crippen LogP contribution in [-0.4, -0.2) is 43.8 Å². The topological polar surface area (TPSA) is 83.6 Å². The van der Waals surface area contributed by atoms with Gasteiger partial charge in [0.05, 0.1) is 29.7 Å². The highest BCUT2D eigenvalue weighted by Crippen LogP contribution is 2.24. The molecule has 0 aromatic heterocycles. The molecule has 2 aliphatic rings. The summed E-state index contributed by atoms with van der Waals surface area (Å²) in [5.74, 6) is -0.387. The Balaban J connectivity index is 1.73. The number of aryl methyl sites for hydroxylation is 1. The highest BCUT2D eigenvalue weighted by Gasteiger charge is 2.41. The van der Waals surface area contributed by atoms with E-state index >= 15 is 0 Å². The lowest BCUT2D eigenvalue weighted by atomic mass is 10.2. The quantitative estimate of drug-likeness (QED) is 0.815. The molecule has 1 aromatic rings. The summed E-state index contributed by atoms with van der Waals surface area (Å²) in [6.45, 7) is 1.93. The van der Waals surface area contributed by atoms with Gasteiger partial charge in [-0.1, -0.05) is 17.7 Å². The summed E-state index contributed by atoms with van der Waals surface area (Å²) in [5, 5.41) is 3.03. The summed E-state index contributed by atoms with van der Waals surface area (Å²) >= 11 is 0. The van der Waals surface area contributed by atoms with Gasteiger partial charge in [-0.25, -0.2) is 13.3 Å². The van der Waals surface area contributed by atoms with Crippen LogP contribution in [-0.2, 0) is 19.4 Å². The molecule has 2 atom stereocenters. The molecule has 3 rings (SSSR count). The van der Waals surface area contributed by atoms with Crippen LogP contribution in [0.3, 0.4) is 0 Å². The largest absolute Gasteiger partial charge is 0.302 e. The first-order chi connectivity index (χ1) is 10.4. The minimum absolute atomic E-state index is 0.0372. The van der Waals surface area contributed by atoms with Crippen LogP contribution in [0.25, 0.3) is 0 Å². The normalized spacial score (nSPS) is 27.6. The van der Waals surface area contributed by atoms with Gasteiger partial charge in [0.1, 0.15) is 0 Å². The van der Waals surface area contributed by atoms with E-state index in [9.17, 15) is 18.0 Å². The second-order valence-corrected chi connectivity index (χ2v) is 8.15. The molecule has 0 unspecified atom stereocenters. The van der Waals surface area contributed by atoms with Gasteiger partial charge < -0.3 is 5.32 Å². The van der Waals surface area contributed by atoms with Gasteiger partial charge in [0.2, 0.25) is 5.91 Å². The van der Waals surface area contributed by atoms with Crippen LogP contribution < -0.4 is 10.2 Å². The van der Waals surface area contributed by atoms with Gasteiger partial charge >= 0.3 is 0 Å². The molecule has 0 spiro atoms. The maximum Gasteiger partial charge on any atom is 0.251 e. The number of imide groups is 1. The average molecular weight is 322 g/mol. The SMILES string of the molecule is Cc1ccc(N2C(=O)C[C@H](N[C@@H]3CCS(=O)(=O)C3)C2=O)cc1. The van der Waals surface area contributed by atoms with Crippen LogP contribution >= 0.6 is 0 Å². The van der Waals surface area contributed by atoms with Crippen molar-refractivity contribution in [2.75, 3.05) is 16.4 Å². The lowest BCUT2D eigenvalue weighted by molar-refractivity contribution is -0.121. The number of anilines is 1. The zero-order valence-electron chi connectivity index (χ0n) is 12.3. The van der Waals surface area contributed by atoms with Gasteiger partial charge in [0.25, 0.3) is 5.91 Å². The lowest BCUT2D eigenvalue weighted by Gasteiger charge is -2.18. The van der Waals surface area contributed by atoms with E-state index in [0.29, 0.717) is 12.1 Å². The zero-order chi connectivity index (χ0) is 15.9. The number of hydrogen-bond acceptors (Lipinski definition) is 5. The molecule has 2 amide bonds. The van der Waals surface area contributed by atoms with Crippen LogP contribution in [0.1, 0.15) is 18.4 Å². The summed E-state index contributed by atoms with van der Waals surface area (Å²) in [7, 11) is -3.01. The Labute approximate surface area is 129 Å². The molecule has 2 heterocycles. The van der Waals surface area contributed by atoms with Crippen molar-refractivity contribution in [2.24, 2.45) is 0 Å². The van der Waals surface area contributed by atoms with Gasteiger partial charge in [0, 0.05) is 6.04 Å². The molecule has 2 aliphatic heterocycles. The Morgan fingerprint density at radius 3 is 2.45 bits per heavy atom. The Hall–Kier alpha value is -1.73. The molecule has 22 heavy (non-hydrogen) atoms. The second kappa shape index (κ2) is 5.48. The summed E-state index contributed by atoms with van der Waals surface area (Å²) in [6.07, 6.45) is 0.564. The van der Waals surface area contributed by atoms with Crippen LogP contribution in [0.4, 0.5) is 5.69 Å². The van der Waals surface area contributed by atoms with Gasteiger partial charge in [-0.3, -0.25) is 9.59 Å². The van der Waals surface area contributed by atoms with E-state index in [1.807, 2.05) is 19.1 Å². The van der Waals surface area contributed by atoms with Crippen molar-refractivity contribution < 1.29 is 18.0 Å². The minimum Gasteiger partial charge on any atom is -0.302 e. The van der Waals surface area contributed by atoms with Crippen molar-refractivity contribution in [3.63, 3.8) is 0 Å². The van der Waals surface area contributed by atoms with Crippen molar-refractivity contribution >= 4 is 27.3 Å². The van der Waals surface area contributed by atoms with Crippen molar-refractivity contribution in [3.05, 3.63) is 29.8 Å². The molecule has 0 aliphatic carbocycles. The zero-order valence-corrected chi connectivity index (χ0v) is 13.1. The number of nitrogens with one attached hydrogen (secondary N) is 1. The third-order valence-corrected chi connectivity index (χ3v) is 5.88. The molecule has 7 heteroatoms. The number of carbonyl (C=O) groups is 2. The number of amides is 2. The summed E-state index contributed by atoms with van der Waals surface area (Å²) < 4.78 is 23.0. The molecule has 1 N–H and O–H groups in total. The van der Waals surface area contributed by atoms with E-state index in [2.05, 4.69) is 5.32 Å². The fraction of sp³-hybridized carbons (Fsp3) is 0.467. The van der Waals surface area contributed by atoms with Crippen LogP contribution in [0, 0.1) is 6.92 Å². The number of sulfone groups is 1. The highest BCUT2D eigenvalue weighted by atomic mass is 32.2. The first-order valence-corrected chi connectivity index (χ1v) is 9.08. The molecule has 2 saturated heterocycles. The number of carbonyl (C=O) groups excluding carboxylic acids is 2. The maximum atomic E-state index is 12.4. The molecule has 6 nitrogen and oxygen atoms in total. The summed E-state index contributed by atoms with van der Waals surface area (Å²) in [5.41, 5.74) is 1.61. The Morgan fingerprint density at radius 1 is 1.18 bits per heavy atom. The minimum atomic E-state index is -3.01. The number of benzene rings is 1. The summed E-state index contributed by atoms with van der Waals surface area (Å²) in [4.78, 5) is 25.8. The predicted molar refractivity (Wildman–Crippen MR) is 82.3 cm³/mol. The van der Waals surface area contributed by atoms with Crippen molar-refractivity contribution in [3.8, 4) is 0 Å². The molecule has 2 fully saturated rings. The van der Waals surface area contributed by atoms with Crippen LogP contribution in [0.5, 0.6) is 0 Å². The number of rotatable bonds is 3. The van der Waals surface area contributed by atoms with E-state index < -0.39 is 15.9 Å². The molecular formula is C15H18N2O4S. The third-order valence-electron chi connectivity index (χ3n) is 4.11. The Kier molecular flexibility index (Phi) is 3.78. The molecular weight excluding hydrogens is 304 g/mol. The number of hydrogen-bond donors (Lipinski definition) is 1. The smallest absolute Gasteiger partial charge is 0.251 e. The van der Waals surface area contributed by atoms with Crippen LogP contribution in [0.15, 0.2) is 24.3 Å². The fourth-order valence-corrected chi connectivity index (χ4v) is 4.62. The van der Waals surface area contributed by atoms with E-state index in [1.54, 1.807) is 12.1 Å². The Bertz CT molecular complexity index is 712. The Morgan fingerprint density at radius 2 is 1.86 bits per heavy atom. The van der Waals surface area contributed by atoms with Crippen molar-refractivity contribution in [2.45, 2.75) is 31.8 Å². The highest BCUT2D eigenvalue weighted by molar-refractivity contribution is 7.91. The van der Waals surface area contributed by atoms with E-state index in [1.165, 1.54) is 4.90 Å². The first-order valence-electron chi connectivity index (χ1n) is 7.26. The van der Waals surface area contributed by atoms with Crippen LogP contribution in [0.2, 0.25) is 0 Å². The fourth-order valence-electron chi connectivity index (χ4n) is 2.94. The monoisotopic (exact) mass is 322 g/mol. The van der Waals surface area contributed by atoms with E-state index in [4.69, 9.17) is 0 Å².